The summed E-state index contributed by atoms with van der Waals surface area (Å²) in [5.74, 6) is 1.86. The van der Waals surface area contributed by atoms with Crippen LogP contribution < -0.4 is 18.9 Å². The van der Waals surface area contributed by atoms with Gasteiger partial charge in [0.2, 0.25) is 0 Å². The highest BCUT2D eigenvalue weighted by Gasteiger charge is 2.35. The van der Waals surface area contributed by atoms with E-state index in [1.165, 1.54) is 12.0 Å². The van der Waals surface area contributed by atoms with Crippen LogP contribution in [-0.2, 0) is 4.79 Å². The van der Waals surface area contributed by atoms with Crippen LogP contribution in [0.4, 0.5) is 4.79 Å². The Morgan fingerprint density at radius 3 is 2.27 bits per heavy atom. The lowest BCUT2D eigenvalue weighted by Gasteiger charge is -2.14. The molecule has 30 heavy (non-hydrogen) atoms. The Balaban J connectivity index is 1.72. The number of thioether (sulfide) groups is 1. The molecule has 1 aliphatic heterocycles. The molecule has 0 N–H and O–H groups in total. The molecule has 1 heterocycles. The third-order valence-corrected chi connectivity index (χ3v) is 5.90. The summed E-state index contributed by atoms with van der Waals surface area (Å²) in [6.07, 6.45) is 1.65. The maximum atomic E-state index is 12.7. The van der Waals surface area contributed by atoms with Crippen LogP contribution in [0.1, 0.15) is 5.56 Å². The van der Waals surface area contributed by atoms with Gasteiger partial charge in [-0.1, -0.05) is 28.1 Å². The number of hydrogen-bond acceptors (Lipinski definition) is 7. The molecule has 2 aromatic rings. The molecule has 7 nitrogen and oxygen atoms in total. The molecule has 2 amide bonds. The van der Waals surface area contributed by atoms with Crippen molar-refractivity contribution < 1.29 is 28.5 Å². The second-order valence-electron chi connectivity index (χ2n) is 6.06. The molecule has 0 bridgehead atoms. The van der Waals surface area contributed by atoms with Gasteiger partial charge in [0.25, 0.3) is 11.1 Å². The molecular formula is C21H20BrNO6S. The fourth-order valence-electron chi connectivity index (χ4n) is 2.80. The van der Waals surface area contributed by atoms with Crippen LogP contribution >= 0.6 is 27.7 Å². The van der Waals surface area contributed by atoms with Crippen molar-refractivity contribution in [3.05, 3.63) is 51.3 Å². The van der Waals surface area contributed by atoms with Gasteiger partial charge in [0.15, 0.2) is 23.0 Å². The first kappa shape index (κ1) is 22.0. The van der Waals surface area contributed by atoms with E-state index < -0.39 is 0 Å². The SMILES string of the molecule is COc1cc(Br)c(/C=C2\SC(=O)N(CCOc3ccccc3OC)C2=O)cc1OC. The number of ether oxygens (including phenoxy) is 4. The first-order valence-corrected chi connectivity index (χ1v) is 10.5. The lowest BCUT2D eigenvalue weighted by Crippen LogP contribution is -2.32. The molecule has 3 rings (SSSR count). The summed E-state index contributed by atoms with van der Waals surface area (Å²) >= 11 is 4.35. The van der Waals surface area contributed by atoms with Crippen LogP contribution in [0.15, 0.2) is 45.8 Å². The Morgan fingerprint density at radius 1 is 0.967 bits per heavy atom. The van der Waals surface area contributed by atoms with Crippen molar-refractivity contribution in [2.75, 3.05) is 34.5 Å². The highest BCUT2D eigenvalue weighted by molar-refractivity contribution is 9.10. The number of halogens is 1. The molecule has 1 saturated heterocycles. The molecule has 0 spiro atoms. The van der Waals surface area contributed by atoms with Crippen molar-refractivity contribution in [1.82, 2.24) is 4.90 Å². The van der Waals surface area contributed by atoms with Crippen molar-refractivity contribution in [3.8, 4) is 23.0 Å². The van der Waals surface area contributed by atoms with E-state index in [1.807, 2.05) is 12.1 Å². The number of para-hydroxylation sites is 2. The first-order chi connectivity index (χ1) is 14.5. The Morgan fingerprint density at radius 2 is 1.60 bits per heavy atom. The Hall–Kier alpha value is -2.65. The van der Waals surface area contributed by atoms with Crippen molar-refractivity contribution in [2.24, 2.45) is 0 Å². The first-order valence-electron chi connectivity index (χ1n) is 8.91. The van der Waals surface area contributed by atoms with Crippen molar-refractivity contribution >= 4 is 44.9 Å². The van der Waals surface area contributed by atoms with E-state index in [9.17, 15) is 9.59 Å². The molecule has 1 aliphatic rings. The van der Waals surface area contributed by atoms with Gasteiger partial charge >= 0.3 is 0 Å². The second-order valence-corrected chi connectivity index (χ2v) is 7.91. The predicted molar refractivity (Wildman–Crippen MR) is 118 cm³/mol. The third-order valence-electron chi connectivity index (χ3n) is 4.30. The minimum atomic E-state index is -0.365. The Bertz CT molecular complexity index is 993. The fraction of sp³-hybridized carbons (Fsp3) is 0.238. The summed E-state index contributed by atoms with van der Waals surface area (Å²) in [4.78, 5) is 26.6. The van der Waals surface area contributed by atoms with Gasteiger partial charge < -0.3 is 18.9 Å². The van der Waals surface area contributed by atoms with Gasteiger partial charge in [-0.3, -0.25) is 14.5 Å². The number of imide groups is 1. The van der Waals surface area contributed by atoms with Crippen LogP contribution in [-0.4, -0.2) is 50.5 Å². The van der Waals surface area contributed by atoms with Gasteiger partial charge in [0, 0.05) is 4.47 Å². The van der Waals surface area contributed by atoms with Gasteiger partial charge in [-0.2, -0.15) is 0 Å². The number of rotatable bonds is 8. The standard InChI is InChI=1S/C21H20BrNO6S/c1-26-15-6-4-5-7-16(15)29-9-8-23-20(24)19(30-21(23)25)11-13-10-17(27-2)18(28-3)12-14(13)22/h4-7,10-12H,8-9H2,1-3H3/b19-11-. The molecule has 158 valence electrons. The minimum Gasteiger partial charge on any atom is -0.493 e. The van der Waals surface area contributed by atoms with Crippen LogP contribution in [0.3, 0.4) is 0 Å². The average Bonchev–Trinajstić information content (AvgIpc) is 3.02. The number of carbonyl (C=O) groups excluding carboxylic acids is 2. The zero-order valence-electron chi connectivity index (χ0n) is 16.6. The number of amides is 2. The van der Waals surface area contributed by atoms with E-state index in [0.29, 0.717) is 37.9 Å². The summed E-state index contributed by atoms with van der Waals surface area (Å²) in [5.41, 5.74) is 0.698. The smallest absolute Gasteiger partial charge is 0.293 e. The largest absolute Gasteiger partial charge is 0.493 e. The van der Waals surface area contributed by atoms with Crippen LogP contribution in [0.2, 0.25) is 0 Å². The number of nitrogens with zero attached hydrogens (tertiary/aromatic N) is 1. The maximum Gasteiger partial charge on any atom is 0.293 e. The van der Waals surface area contributed by atoms with E-state index in [2.05, 4.69) is 15.9 Å². The van der Waals surface area contributed by atoms with Crippen LogP contribution in [0, 0.1) is 0 Å². The van der Waals surface area contributed by atoms with Crippen molar-refractivity contribution in [2.45, 2.75) is 0 Å². The Kier molecular flexibility index (Phi) is 7.28. The number of carbonyl (C=O) groups is 2. The van der Waals surface area contributed by atoms with E-state index in [1.54, 1.807) is 44.6 Å². The topological polar surface area (TPSA) is 74.3 Å². The average molecular weight is 494 g/mol. The molecule has 0 saturated carbocycles. The highest BCUT2D eigenvalue weighted by Crippen LogP contribution is 2.37. The summed E-state index contributed by atoms with van der Waals surface area (Å²) in [7, 11) is 4.63. The summed E-state index contributed by atoms with van der Waals surface area (Å²) in [6, 6.07) is 10.7. The van der Waals surface area contributed by atoms with Gasteiger partial charge in [-0.25, -0.2) is 0 Å². The number of hydrogen-bond donors (Lipinski definition) is 0. The molecule has 9 heteroatoms. The van der Waals surface area contributed by atoms with Gasteiger partial charge in [-0.15, -0.1) is 0 Å². The lowest BCUT2D eigenvalue weighted by atomic mass is 10.2. The van der Waals surface area contributed by atoms with E-state index >= 15 is 0 Å². The van der Waals surface area contributed by atoms with Gasteiger partial charge in [0.1, 0.15) is 6.61 Å². The molecule has 0 aromatic heterocycles. The maximum absolute atomic E-state index is 12.7. The summed E-state index contributed by atoms with van der Waals surface area (Å²) in [6.45, 7) is 0.291. The van der Waals surface area contributed by atoms with Crippen molar-refractivity contribution in [1.29, 1.82) is 0 Å². The molecule has 2 aromatic carbocycles. The van der Waals surface area contributed by atoms with E-state index in [4.69, 9.17) is 18.9 Å². The van der Waals surface area contributed by atoms with E-state index in [-0.39, 0.29) is 24.3 Å². The molecule has 1 fully saturated rings. The molecule has 0 unspecified atom stereocenters. The lowest BCUT2D eigenvalue weighted by molar-refractivity contribution is -0.123. The molecule has 0 radical (unpaired) electrons. The summed E-state index contributed by atoms with van der Waals surface area (Å²) in [5, 5.41) is -0.341. The zero-order valence-corrected chi connectivity index (χ0v) is 19.0. The number of methoxy groups -OCH3 is 3. The quantitative estimate of drug-likeness (QED) is 0.497. The normalized spacial score (nSPS) is 14.9. The molecule has 0 atom stereocenters. The van der Waals surface area contributed by atoms with Gasteiger partial charge in [-0.05, 0) is 47.7 Å². The third kappa shape index (κ3) is 4.73. The molecule has 0 aliphatic carbocycles. The molecular weight excluding hydrogens is 474 g/mol. The van der Waals surface area contributed by atoms with Crippen LogP contribution in [0.25, 0.3) is 6.08 Å². The van der Waals surface area contributed by atoms with Crippen LogP contribution in [0.5, 0.6) is 23.0 Å². The minimum absolute atomic E-state index is 0.132. The van der Waals surface area contributed by atoms with E-state index in [0.717, 1.165) is 11.8 Å². The second kappa shape index (κ2) is 9.90. The Labute approximate surface area is 187 Å². The monoisotopic (exact) mass is 493 g/mol. The van der Waals surface area contributed by atoms with Crippen molar-refractivity contribution in [3.63, 3.8) is 0 Å². The predicted octanol–water partition coefficient (Wildman–Crippen LogP) is 4.59. The zero-order chi connectivity index (χ0) is 21.7. The summed E-state index contributed by atoms with van der Waals surface area (Å²) < 4.78 is 22.2. The fourth-order valence-corrected chi connectivity index (χ4v) is 4.09. The van der Waals surface area contributed by atoms with Gasteiger partial charge in [0.05, 0.1) is 32.8 Å². The highest BCUT2D eigenvalue weighted by atomic mass is 79.9. The number of benzene rings is 2.